The van der Waals surface area contributed by atoms with E-state index in [0.717, 1.165) is 32.0 Å². The van der Waals surface area contributed by atoms with Crippen molar-refractivity contribution in [1.82, 2.24) is 0 Å². The van der Waals surface area contributed by atoms with Crippen LogP contribution in [-0.4, -0.2) is 17.4 Å². The second-order valence-corrected chi connectivity index (χ2v) is 0.447. The van der Waals surface area contributed by atoms with Gasteiger partial charge in [-0.2, -0.15) is 0 Å². The van der Waals surface area contributed by atoms with Gasteiger partial charge in [0.1, 0.15) is 0 Å². The summed E-state index contributed by atoms with van der Waals surface area (Å²) in [5.41, 5.74) is 0. The van der Waals surface area contributed by atoms with Gasteiger partial charge in [-0.3, -0.25) is 0 Å². The molecule has 0 saturated carbocycles. The predicted molar refractivity (Wildman–Crippen MR) is 60.7 cm³/mol. The summed E-state index contributed by atoms with van der Waals surface area (Å²) in [6, 6.07) is 0. The molecule has 0 heterocycles. The van der Waals surface area contributed by atoms with Crippen molar-refractivity contribution in [2.24, 2.45) is 32.0 Å². The Morgan fingerprint density at radius 3 is 0.400 bits per heavy atom. The van der Waals surface area contributed by atoms with Crippen LogP contribution in [0.2, 0.25) is 0 Å². The van der Waals surface area contributed by atoms with Gasteiger partial charge in [0.15, 0.2) is 0 Å². The fraction of sp³-hybridized carbons (Fsp3) is 0. The molecule has 0 aliphatic heterocycles. The number of rotatable bonds is 0. The van der Waals surface area contributed by atoms with Crippen LogP contribution in [0.1, 0.15) is 0 Å². The Balaban J connectivity index is -0.0000000141. The largest absolute Gasteiger partial charge is 3.00 e. The molecule has 0 aromatic heterocycles. The number of hydrogen-bond acceptors (Lipinski definition) is 18. The molecule has 0 aromatic rings. The van der Waals surface area contributed by atoms with E-state index in [4.69, 9.17) is 60.7 Å². The summed E-state index contributed by atoms with van der Waals surface area (Å²) in [5.74, 6) is 0. The van der Waals surface area contributed by atoms with Gasteiger partial charge >= 0.3 is 34.7 Å². The van der Waals surface area contributed by atoms with E-state index in [1.807, 2.05) is 0 Å². The zero-order chi connectivity index (χ0) is 16.2. The summed E-state index contributed by atoms with van der Waals surface area (Å²) in [6.45, 7) is 0. The van der Waals surface area contributed by atoms with Crippen LogP contribution in [0.15, 0.2) is 32.0 Å². The molecule has 0 spiro atoms. The molecule has 0 bridgehead atoms. The van der Waals surface area contributed by atoms with Crippen LogP contribution in [-0.2, 0) is 17.4 Å². The molecule has 0 aliphatic carbocycles. The van der Waals surface area contributed by atoms with E-state index in [-0.39, 0.29) is 34.7 Å². The van der Waals surface area contributed by atoms with Crippen molar-refractivity contribution in [2.75, 3.05) is 0 Å². The summed E-state index contributed by atoms with van der Waals surface area (Å²) in [4.78, 5) is 48.0. The minimum absolute atomic E-state index is 0. The number of nitrogens with zero attached hydrogens (tertiary/aromatic N) is 6. The summed E-state index contributed by atoms with van der Waals surface area (Å²) < 4.78 is 0. The van der Waals surface area contributed by atoms with Crippen molar-refractivity contribution in [3.63, 3.8) is 0 Å². The first kappa shape index (κ1) is 52.9. The molecule has 20 heteroatoms. The van der Waals surface area contributed by atoms with E-state index < -0.39 is 0 Å². The standard InChI is InChI=1S/Al.Cr.6HNO2/c;;6*2-1-3/h;;6*(H,2,3)/q2*+3;;;;;;/p-6. The van der Waals surface area contributed by atoms with Crippen molar-refractivity contribution < 1.29 is 17.4 Å². The Hall–Kier alpha value is -2.54. The summed E-state index contributed by atoms with van der Waals surface area (Å²) in [6.07, 6.45) is 0. The van der Waals surface area contributed by atoms with Crippen LogP contribution in [0, 0.1) is 60.7 Å². The first-order chi connectivity index (χ1) is 8.49. The number of hydrogen-bond donors (Lipinski definition) is 0. The average molecular weight is 355 g/mol. The molecule has 111 valence electrons. The van der Waals surface area contributed by atoms with E-state index in [1.165, 1.54) is 0 Å². The van der Waals surface area contributed by atoms with Crippen molar-refractivity contribution in [2.45, 2.75) is 0 Å². The van der Waals surface area contributed by atoms with E-state index in [2.05, 4.69) is 0 Å². The maximum atomic E-state index is 8.00. The first-order valence-corrected chi connectivity index (χ1v) is 2.19. The van der Waals surface area contributed by atoms with E-state index >= 15 is 0 Å². The molecule has 0 fully saturated rings. The molecule has 18 nitrogen and oxygen atoms in total. The average Bonchev–Trinajstić information content (AvgIpc) is 2.23. The third-order valence-corrected chi connectivity index (χ3v) is 0. The summed E-state index contributed by atoms with van der Waals surface area (Å²) in [7, 11) is 0. The van der Waals surface area contributed by atoms with Gasteiger partial charge in [-0.15, -0.1) is 32.0 Å². The molecule has 0 amide bonds. The van der Waals surface area contributed by atoms with Gasteiger partial charge in [-0.25, -0.2) is 0 Å². The summed E-state index contributed by atoms with van der Waals surface area (Å²) >= 11 is 0. The van der Waals surface area contributed by atoms with Crippen LogP contribution in [0.5, 0.6) is 0 Å². The molecule has 20 heavy (non-hydrogen) atoms. The van der Waals surface area contributed by atoms with Crippen LogP contribution < -0.4 is 0 Å². The zero-order valence-corrected chi connectivity index (χ0v) is 11.0. The fourth-order valence-electron chi connectivity index (χ4n) is 0. The minimum Gasteiger partial charge on any atom is -0.444 e. The molecule has 0 saturated heterocycles. The fourth-order valence-corrected chi connectivity index (χ4v) is 0. The van der Waals surface area contributed by atoms with Crippen molar-refractivity contribution >= 4 is 17.4 Å². The molecule has 0 aliphatic rings. The van der Waals surface area contributed by atoms with Gasteiger partial charge in [0.05, 0.1) is 0 Å². The maximum absolute atomic E-state index is 8.00. The van der Waals surface area contributed by atoms with Gasteiger partial charge in [0.2, 0.25) is 0 Å². The third-order valence-electron chi connectivity index (χ3n) is 0. The van der Waals surface area contributed by atoms with Crippen LogP contribution in [0.3, 0.4) is 0 Å². The molecular formula is AlCrN6O12. The van der Waals surface area contributed by atoms with Gasteiger partial charge < -0.3 is 60.7 Å². The minimum atomic E-state index is 0. The molecule has 1 radical (unpaired) electrons. The molecule has 0 N–H and O–H groups in total. The predicted octanol–water partition coefficient (Wildman–Crippen LogP) is 1.12. The smallest absolute Gasteiger partial charge is 0.444 e. The van der Waals surface area contributed by atoms with E-state index in [0.29, 0.717) is 0 Å². The van der Waals surface area contributed by atoms with Gasteiger partial charge in [-0.05, 0) is 0 Å². The molecule has 0 rings (SSSR count). The Labute approximate surface area is 128 Å². The second kappa shape index (κ2) is 328. The molecule has 0 atom stereocenters. The normalized spacial score (nSPS) is 3.60. The van der Waals surface area contributed by atoms with Crippen molar-refractivity contribution in [3.05, 3.63) is 60.7 Å². The van der Waals surface area contributed by atoms with E-state index in [9.17, 15) is 0 Å². The SMILES string of the molecule is O=N[O-].O=N[O-].O=N[O-].O=N[O-].O=N[O-].O=N[O-].[Al+3].[Cr+3]. The van der Waals surface area contributed by atoms with Gasteiger partial charge in [0, 0.05) is 0 Å². The third kappa shape index (κ3) is 504. The topological polar surface area (TPSA) is 315 Å². The first-order valence-electron chi connectivity index (χ1n) is 2.19. The quantitative estimate of drug-likeness (QED) is 0.335. The van der Waals surface area contributed by atoms with Crippen LogP contribution >= 0.6 is 0 Å². The Bertz CT molecular complexity index is 119. The molecule has 0 aromatic carbocycles. The van der Waals surface area contributed by atoms with E-state index in [1.54, 1.807) is 0 Å². The second-order valence-electron chi connectivity index (χ2n) is 0.447. The Kier molecular flexibility index (Phi) is 867. The van der Waals surface area contributed by atoms with Crippen LogP contribution in [0.25, 0.3) is 0 Å². The van der Waals surface area contributed by atoms with Crippen molar-refractivity contribution in [1.29, 1.82) is 0 Å². The molecular weight excluding hydrogens is 355 g/mol. The van der Waals surface area contributed by atoms with Gasteiger partial charge in [-0.1, -0.05) is 0 Å². The van der Waals surface area contributed by atoms with Gasteiger partial charge in [0.25, 0.3) is 0 Å². The maximum Gasteiger partial charge on any atom is 3.00 e. The zero-order valence-electron chi connectivity index (χ0n) is 8.57. The Morgan fingerprint density at radius 1 is 0.400 bits per heavy atom. The van der Waals surface area contributed by atoms with Crippen LogP contribution in [0.4, 0.5) is 0 Å². The van der Waals surface area contributed by atoms with Crippen molar-refractivity contribution in [3.8, 4) is 0 Å². The monoisotopic (exact) mass is 355 g/mol. The Morgan fingerprint density at radius 2 is 0.400 bits per heavy atom. The summed E-state index contributed by atoms with van der Waals surface area (Å²) in [5, 5.41) is 54.0. The molecule has 0 unspecified atom stereocenters.